The molecule has 6 heteroatoms. The maximum Gasteiger partial charge on any atom is 0.410 e. The quantitative estimate of drug-likeness (QED) is 0.785. The molecule has 0 radical (unpaired) electrons. The van der Waals surface area contributed by atoms with Gasteiger partial charge in [0.25, 0.3) is 0 Å². The van der Waals surface area contributed by atoms with Crippen molar-refractivity contribution in [2.45, 2.75) is 45.1 Å². The molecule has 2 rings (SSSR count). The highest BCUT2D eigenvalue weighted by molar-refractivity contribution is 5.88. The molecule has 2 heterocycles. The summed E-state index contributed by atoms with van der Waals surface area (Å²) in [4.78, 5) is 25.4. The van der Waals surface area contributed by atoms with E-state index in [0.29, 0.717) is 13.1 Å². The molecule has 6 nitrogen and oxygen atoms in total. The van der Waals surface area contributed by atoms with Gasteiger partial charge in [-0.3, -0.25) is 0 Å². The molecule has 1 aromatic heterocycles. The Labute approximate surface area is 130 Å². The van der Waals surface area contributed by atoms with Crippen molar-refractivity contribution in [3.8, 4) is 0 Å². The zero-order valence-electron chi connectivity index (χ0n) is 13.5. The zero-order valence-corrected chi connectivity index (χ0v) is 13.5. The van der Waals surface area contributed by atoms with Crippen LogP contribution in [0.4, 0.5) is 4.79 Å². The fraction of sp³-hybridized carbons (Fsp3) is 0.625. The van der Waals surface area contributed by atoms with Gasteiger partial charge in [0.2, 0.25) is 5.76 Å². The van der Waals surface area contributed by atoms with E-state index in [9.17, 15) is 9.59 Å². The second kappa shape index (κ2) is 6.42. The van der Waals surface area contributed by atoms with Crippen molar-refractivity contribution in [3.05, 3.63) is 23.7 Å². The molecule has 0 aromatic carbocycles. The highest BCUT2D eigenvalue weighted by atomic mass is 16.6. The van der Waals surface area contributed by atoms with Gasteiger partial charge in [0.05, 0.1) is 13.4 Å². The van der Waals surface area contributed by atoms with E-state index in [1.807, 2.05) is 20.8 Å². The van der Waals surface area contributed by atoms with E-state index in [4.69, 9.17) is 13.9 Å². The zero-order chi connectivity index (χ0) is 16.3. The van der Waals surface area contributed by atoms with Crippen LogP contribution >= 0.6 is 0 Å². The largest absolute Gasteiger partial charge is 0.463 e. The van der Waals surface area contributed by atoms with Gasteiger partial charge in [0.15, 0.2) is 0 Å². The fourth-order valence-corrected chi connectivity index (χ4v) is 2.60. The van der Waals surface area contributed by atoms with Crippen LogP contribution in [0.5, 0.6) is 0 Å². The molecule has 0 unspecified atom stereocenters. The number of amides is 1. The third kappa shape index (κ3) is 3.81. The van der Waals surface area contributed by atoms with Crippen LogP contribution in [-0.2, 0) is 9.47 Å². The minimum absolute atomic E-state index is 0.187. The van der Waals surface area contributed by atoms with Crippen LogP contribution in [0.3, 0.4) is 0 Å². The van der Waals surface area contributed by atoms with Gasteiger partial charge < -0.3 is 18.8 Å². The number of carbonyl (C=O) groups excluding carboxylic acids is 2. The van der Waals surface area contributed by atoms with Crippen LogP contribution in [0.15, 0.2) is 16.7 Å². The van der Waals surface area contributed by atoms with Crippen molar-refractivity contribution >= 4 is 12.1 Å². The first-order valence-electron chi connectivity index (χ1n) is 7.45. The maximum absolute atomic E-state index is 12.0. The van der Waals surface area contributed by atoms with E-state index in [1.54, 1.807) is 11.0 Å². The standard InChI is InChI=1S/C16H23NO5/c1-16(2,3)22-15(19)17-8-5-11(6-9-17)12-7-10-21-13(12)14(18)20-4/h7,10-11H,5-6,8-9H2,1-4H3. The van der Waals surface area contributed by atoms with Gasteiger partial charge in [0, 0.05) is 18.7 Å². The normalized spacial score (nSPS) is 16.5. The number of piperidine rings is 1. The van der Waals surface area contributed by atoms with Crippen molar-refractivity contribution < 1.29 is 23.5 Å². The van der Waals surface area contributed by atoms with Crippen molar-refractivity contribution in [1.29, 1.82) is 0 Å². The summed E-state index contributed by atoms with van der Waals surface area (Å²) in [6.07, 6.45) is 2.75. The van der Waals surface area contributed by atoms with Crippen LogP contribution in [0.2, 0.25) is 0 Å². The number of esters is 1. The topological polar surface area (TPSA) is 69.0 Å². The van der Waals surface area contributed by atoms with Crippen LogP contribution in [0.25, 0.3) is 0 Å². The molecule has 0 N–H and O–H groups in total. The predicted molar refractivity (Wildman–Crippen MR) is 79.8 cm³/mol. The van der Waals surface area contributed by atoms with Crippen molar-refractivity contribution in [2.75, 3.05) is 20.2 Å². The summed E-state index contributed by atoms with van der Waals surface area (Å²) in [7, 11) is 1.33. The van der Waals surface area contributed by atoms with Gasteiger partial charge in [0.1, 0.15) is 5.60 Å². The molecular weight excluding hydrogens is 286 g/mol. The van der Waals surface area contributed by atoms with Crippen molar-refractivity contribution in [1.82, 2.24) is 4.90 Å². The minimum atomic E-state index is -0.490. The Morgan fingerprint density at radius 2 is 1.91 bits per heavy atom. The highest BCUT2D eigenvalue weighted by Gasteiger charge is 2.30. The number of hydrogen-bond acceptors (Lipinski definition) is 5. The molecule has 1 saturated heterocycles. The Balaban J connectivity index is 1.97. The molecule has 0 bridgehead atoms. The molecule has 0 spiro atoms. The lowest BCUT2D eigenvalue weighted by molar-refractivity contribution is 0.0203. The Morgan fingerprint density at radius 1 is 1.27 bits per heavy atom. The molecule has 0 atom stereocenters. The molecule has 1 aliphatic rings. The number of rotatable bonds is 2. The second-order valence-electron chi connectivity index (χ2n) is 6.44. The van der Waals surface area contributed by atoms with E-state index in [2.05, 4.69) is 0 Å². The first-order valence-corrected chi connectivity index (χ1v) is 7.45. The lowest BCUT2D eigenvalue weighted by atomic mass is 9.89. The van der Waals surface area contributed by atoms with Crippen LogP contribution < -0.4 is 0 Å². The number of nitrogens with zero attached hydrogens (tertiary/aromatic N) is 1. The Kier molecular flexibility index (Phi) is 4.78. The molecule has 1 aromatic rings. The van der Waals surface area contributed by atoms with Crippen LogP contribution in [0.1, 0.15) is 55.6 Å². The number of furan rings is 1. The monoisotopic (exact) mass is 309 g/mol. The SMILES string of the molecule is COC(=O)c1occc1C1CCN(C(=O)OC(C)(C)C)CC1. The van der Waals surface area contributed by atoms with Gasteiger partial charge >= 0.3 is 12.1 Å². The average Bonchev–Trinajstić information content (AvgIpc) is 2.94. The van der Waals surface area contributed by atoms with E-state index >= 15 is 0 Å². The number of methoxy groups -OCH3 is 1. The minimum Gasteiger partial charge on any atom is -0.463 e. The van der Waals surface area contributed by atoms with Crippen LogP contribution in [-0.4, -0.2) is 42.8 Å². The Hall–Kier alpha value is -1.98. The van der Waals surface area contributed by atoms with E-state index in [0.717, 1.165) is 18.4 Å². The van der Waals surface area contributed by atoms with Gasteiger partial charge in [-0.2, -0.15) is 0 Å². The van der Waals surface area contributed by atoms with Crippen molar-refractivity contribution in [2.24, 2.45) is 0 Å². The summed E-state index contributed by atoms with van der Waals surface area (Å²) in [5, 5.41) is 0. The molecule has 0 saturated carbocycles. The average molecular weight is 309 g/mol. The molecule has 122 valence electrons. The summed E-state index contributed by atoms with van der Waals surface area (Å²) < 4.78 is 15.3. The lowest BCUT2D eigenvalue weighted by Crippen LogP contribution is -2.41. The summed E-state index contributed by atoms with van der Waals surface area (Å²) in [5.74, 6) is -0.0145. The predicted octanol–water partition coefficient (Wildman–Crippen LogP) is 3.18. The number of carbonyl (C=O) groups is 2. The molecule has 1 fully saturated rings. The van der Waals surface area contributed by atoms with Gasteiger partial charge in [-0.1, -0.05) is 0 Å². The van der Waals surface area contributed by atoms with E-state index in [-0.39, 0.29) is 17.8 Å². The Bertz CT molecular complexity index is 535. The summed E-state index contributed by atoms with van der Waals surface area (Å²) in [5.41, 5.74) is 0.368. The lowest BCUT2D eigenvalue weighted by Gasteiger charge is -2.33. The molecule has 22 heavy (non-hydrogen) atoms. The maximum atomic E-state index is 12.0. The number of likely N-dealkylation sites (tertiary alicyclic amines) is 1. The molecular formula is C16H23NO5. The number of hydrogen-bond donors (Lipinski definition) is 0. The van der Waals surface area contributed by atoms with Gasteiger partial charge in [-0.05, 0) is 45.6 Å². The Morgan fingerprint density at radius 3 is 2.45 bits per heavy atom. The summed E-state index contributed by atoms with van der Waals surface area (Å²) in [6, 6.07) is 1.81. The second-order valence-corrected chi connectivity index (χ2v) is 6.44. The van der Waals surface area contributed by atoms with Gasteiger partial charge in [-0.15, -0.1) is 0 Å². The van der Waals surface area contributed by atoms with E-state index in [1.165, 1.54) is 13.4 Å². The highest BCUT2D eigenvalue weighted by Crippen LogP contribution is 2.32. The van der Waals surface area contributed by atoms with E-state index < -0.39 is 11.6 Å². The first kappa shape index (κ1) is 16.4. The van der Waals surface area contributed by atoms with Crippen LogP contribution in [0, 0.1) is 0 Å². The third-order valence-electron chi connectivity index (χ3n) is 3.65. The first-order chi connectivity index (χ1) is 10.3. The fourth-order valence-electron chi connectivity index (χ4n) is 2.60. The number of ether oxygens (including phenoxy) is 2. The molecule has 1 aliphatic heterocycles. The van der Waals surface area contributed by atoms with Gasteiger partial charge in [-0.25, -0.2) is 9.59 Å². The molecule has 0 aliphatic carbocycles. The summed E-state index contributed by atoms with van der Waals surface area (Å²) in [6.45, 7) is 6.76. The van der Waals surface area contributed by atoms with Crippen molar-refractivity contribution in [3.63, 3.8) is 0 Å². The summed E-state index contributed by atoms with van der Waals surface area (Å²) >= 11 is 0. The smallest absolute Gasteiger partial charge is 0.410 e. The molecule has 1 amide bonds. The third-order valence-corrected chi connectivity index (χ3v) is 3.65.